The van der Waals surface area contributed by atoms with Crippen molar-refractivity contribution in [1.82, 2.24) is 9.80 Å². The highest BCUT2D eigenvalue weighted by atomic mass is 79.9. The van der Waals surface area contributed by atoms with Crippen molar-refractivity contribution in [3.8, 4) is 11.5 Å². The molecule has 1 saturated heterocycles. The van der Waals surface area contributed by atoms with Gasteiger partial charge in [0, 0.05) is 26.2 Å². The van der Waals surface area contributed by atoms with Crippen molar-refractivity contribution in [2.75, 3.05) is 39.4 Å². The van der Waals surface area contributed by atoms with Crippen molar-refractivity contribution in [2.45, 2.75) is 6.92 Å². The third kappa shape index (κ3) is 4.82. The summed E-state index contributed by atoms with van der Waals surface area (Å²) in [6, 6.07) is 10.6. The van der Waals surface area contributed by atoms with Crippen molar-refractivity contribution in [1.29, 1.82) is 0 Å². The van der Waals surface area contributed by atoms with E-state index >= 15 is 0 Å². The van der Waals surface area contributed by atoms with Crippen LogP contribution in [0.3, 0.4) is 0 Å². The second kappa shape index (κ2) is 8.94. The van der Waals surface area contributed by atoms with Crippen LogP contribution in [0.15, 0.2) is 45.5 Å². The average molecular weight is 437 g/mol. The molecule has 2 amide bonds. The molecule has 0 spiro atoms. The van der Waals surface area contributed by atoms with Crippen molar-refractivity contribution >= 4 is 27.7 Å². The number of carbonyl (C=O) groups excluding carboxylic acids is 2. The molecule has 1 aliphatic heterocycles. The molecule has 0 aliphatic carbocycles. The minimum absolute atomic E-state index is 0.0663. The first-order valence-corrected chi connectivity index (χ1v) is 9.54. The first-order valence-electron chi connectivity index (χ1n) is 8.75. The second-order valence-electron chi connectivity index (χ2n) is 5.95. The van der Waals surface area contributed by atoms with Crippen LogP contribution in [0.25, 0.3) is 0 Å². The van der Waals surface area contributed by atoms with E-state index in [0.29, 0.717) is 49.0 Å². The Balaban J connectivity index is 1.49. The predicted molar refractivity (Wildman–Crippen MR) is 102 cm³/mol. The topological polar surface area (TPSA) is 72.2 Å². The molecule has 0 N–H and O–H groups in total. The number of hydrogen-bond donors (Lipinski definition) is 0. The summed E-state index contributed by atoms with van der Waals surface area (Å²) < 4.78 is 16.9. The molecule has 144 valence electrons. The van der Waals surface area contributed by atoms with Crippen LogP contribution in [0.2, 0.25) is 0 Å². The molecule has 0 saturated carbocycles. The van der Waals surface area contributed by atoms with Crippen molar-refractivity contribution < 1.29 is 23.5 Å². The van der Waals surface area contributed by atoms with Crippen LogP contribution >= 0.6 is 15.9 Å². The monoisotopic (exact) mass is 436 g/mol. The van der Waals surface area contributed by atoms with E-state index < -0.39 is 0 Å². The molecule has 3 rings (SSSR count). The quantitative estimate of drug-likeness (QED) is 0.695. The Bertz CT molecular complexity index is 799. The zero-order valence-electron chi connectivity index (χ0n) is 15.0. The van der Waals surface area contributed by atoms with Crippen molar-refractivity contribution in [2.24, 2.45) is 0 Å². The molecule has 0 atom stereocenters. The van der Waals surface area contributed by atoms with Crippen LogP contribution in [-0.2, 0) is 4.79 Å². The molecular weight excluding hydrogens is 416 g/mol. The first-order chi connectivity index (χ1) is 13.1. The van der Waals surface area contributed by atoms with E-state index in [2.05, 4.69) is 15.9 Å². The van der Waals surface area contributed by atoms with Crippen LogP contribution in [0.5, 0.6) is 11.5 Å². The lowest BCUT2D eigenvalue weighted by Gasteiger charge is -2.34. The van der Waals surface area contributed by atoms with Gasteiger partial charge in [0.1, 0.15) is 0 Å². The number of piperazine rings is 1. The number of ether oxygens (including phenoxy) is 2. The number of halogens is 1. The molecule has 27 heavy (non-hydrogen) atoms. The predicted octanol–water partition coefficient (Wildman–Crippen LogP) is 2.80. The minimum atomic E-state index is -0.172. The summed E-state index contributed by atoms with van der Waals surface area (Å²) in [5.74, 6) is 1.17. The molecule has 1 aromatic heterocycles. The third-order valence-electron chi connectivity index (χ3n) is 4.20. The summed E-state index contributed by atoms with van der Waals surface area (Å²) in [7, 11) is 0. The number of hydrogen-bond acceptors (Lipinski definition) is 5. The molecule has 0 bridgehead atoms. The van der Waals surface area contributed by atoms with Gasteiger partial charge in [-0.3, -0.25) is 9.59 Å². The van der Waals surface area contributed by atoms with Gasteiger partial charge < -0.3 is 23.7 Å². The van der Waals surface area contributed by atoms with Gasteiger partial charge in [-0.15, -0.1) is 0 Å². The van der Waals surface area contributed by atoms with Gasteiger partial charge in [-0.25, -0.2) is 0 Å². The maximum Gasteiger partial charge on any atom is 0.289 e. The number of nitrogens with zero attached hydrogens (tertiary/aromatic N) is 2. The zero-order chi connectivity index (χ0) is 19.2. The highest BCUT2D eigenvalue weighted by Gasteiger charge is 2.26. The lowest BCUT2D eigenvalue weighted by atomic mass is 10.3. The Morgan fingerprint density at radius 2 is 1.63 bits per heavy atom. The minimum Gasteiger partial charge on any atom is -0.490 e. The maximum atomic E-state index is 12.4. The van der Waals surface area contributed by atoms with E-state index in [1.54, 1.807) is 34.1 Å². The van der Waals surface area contributed by atoms with E-state index in [1.807, 2.05) is 19.1 Å². The molecular formula is C19H21BrN2O5. The molecule has 2 aromatic rings. The number of carbonyl (C=O) groups is 2. The number of benzene rings is 1. The standard InChI is InChI=1S/C19H21BrN2O5/c1-2-25-14-5-3-4-6-15(14)26-13-18(23)21-9-11-22(12-10-21)19(24)16-7-8-17(20)27-16/h3-8H,2,9-13H2,1H3. The number of amides is 2. The Morgan fingerprint density at radius 1 is 1.00 bits per heavy atom. The van der Waals surface area contributed by atoms with E-state index in [9.17, 15) is 9.59 Å². The van der Waals surface area contributed by atoms with Gasteiger partial charge >= 0.3 is 0 Å². The van der Waals surface area contributed by atoms with Gasteiger partial charge in [0.15, 0.2) is 28.5 Å². The van der Waals surface area contributed by atoms with E-state index in [4.69, 9.17) is 13.9 Å². The molecule has 7 nitrogen and oxygen atoms in total. The van der Waals surface area contributed by atoms with Gasteiger partial charge in [0.2, 0.25) is 0 Å². The van der Waals surface area contributed by atoms with Crippen LogP contribution in [0.1, 0.15) is 17.5 Å². The summed E-state index contributed by atoms with van der Waals surface area (Å²) in [4.78, 5) is 28.2. The summed E-state index contributed by atoms with van der Waals surface area (Å²) in [6.07, 6.45) is 0. The van der Waals surface area contributed by atoms with Crippen molar-refractivity contribution in [3.05, 3.63) is 46.8 Å². The highest BCUT2D eigenvalue weighted by Crippen LogP contribution is 2.26. The molecule has 8 heteroatoms. The van der Waals surface area contributed by atoms with Gasteiger partial charge in [0.05, 0.1) is 6.61 Å². The van der Waals surface area contributed by atoms with Crippen LogP contribution in [-0.4, -0.2) is 61.0 Å². The third-order valence-corrected chi connectivity index (χ3v) is 4.63. The Labute approximate surface area is 165 Å². The summed E-state index contributed by atoms with van der Waals surface area (Å²) >= 11 is 3.19. The van der Waals surface area contributed by atoms with Crippen LogP contribution < -0.4 is 9.47 Å². The van der Waals surface area contributed by atoms with E-state index in [1.165, 1.54) is 0 Å². The van der Waals surface area contributed by atoms with E-state index in [-0.39, 0.29) is 24.2 Å². The first kappa shape index (κ1) is 19.3. The van der Waals surface area contributed by atoms with Crippen LogP contribution in [0.4, 0.5) is 0 Å². The summed E-state index contributed by atoms with van der Waals surface area (Å²) in [5.41, 5.74) is 0. The lowest BCUT2D eigenvalue weighted by Crippen LogP contribution is -2.51. The SMILES string of the molecule is CCOc1ccccc1OCC(=O)N1CCN(C(=O)c2ccc(Br)o2)CC1. The Hall–Kier alpha value is -2.48. The van der Waals surface area contributed by atoms with Gasteiger partial charge in [-0.1, -0.05) is 12.1 Å². The zero-order valence-corrected chi connectivity index (χ0v) is 16.6. The summed E-state index contributed by atoms with van der Waals surface area (Å²) in [6.45, 7) is 4.19. The number of para-hydroxylation sites is 2. The average Bonchev–Trinajstić information content (AvgIpc) is 3.13. The van der Waals surface area contributed by atoms with Crippen LogP contribution in [0, 0.1) is 0 Å². The molecule has 1 aromatic carbocycles. The molecule has 1 aliphatic rings. The van der Waals surface area contributed by atoms with Crippen molar-refractivity contribution in [3.63, 3.8) is 0 Å². The smallest absolute Gasteiger partial charge is 0.289 e. The second-order valence-corrected chi connectivity index (χ2v) is 6.73. The fourth-order valence-corrected chi connectivity index (χ4v) is 3.13. The maximum absolute atomic E-state index is 12.4. The van der Waals surface area contributed by atoms with Gasteiger partial charge in [0.25, 0.3) is 11.8 Å². The molecule has 2 heterocycles. The highest BCUT2D eigenvalue weighted by molar-refractivity contribution is 9.10. The molecule has 0 radical (unpaired) electrons. The molecule has 1 fully saturated rings. The fraction of sp³-hybridized carbons (Fsp3) is 0.368. The Morgan fingerprint density at radius 3 is 2.22 bits per heavy atom. The lowest BCUT2D eigenvalue weighted by molar-refractivity contribution is -0.134. The number of rotatable bonds is 6. The normalized spacial score (nSPS) is 14.1. The van der Waals surface area contributed by atoms with Gasteiger partial charge in [-0.05, 0) is 47.1 Å². The van der Waals surface area contributed by atoms with Gasteiger partial charge in [-0.2, -0.15) is 0 Å². The fourth-order valence-electron chi connectivity index (χ4n) is 2.82. The largest absolute Gasteiger partial charge is 0.490 e. The van der Waals surface area contributed by atoms with E-state index in [0.717, 1.165) is 0 Å². The Kier molecular flexibility index (Phi) is 6.39. The number of furan rings is 1. The molecule has 0 unspecified atom stereocenters. The summed E-state index contributed by atoms with van der Waals surface area (Å²) in [5, 5.41) is 0.